The molecular formula is C22H30N4O. The van der Waals surface area contributed by atoms with Crippen LogP contribution in [-0.4, -0.2) is 49.1 Å². The van der Waals surface area contributed by atoms with Gasteiger partial charge in [0.05, 0.1) is 13.2 Å². The largest absolute Gasteiger partial charge is 0.370 e. The molecule has 0 bridgehead atoms. The van der Waals surface area contributed by atoms with Crippen LogP contribution in [0.4, 0.5) is 0 Å². The van der Waals surface area contributed by atoms with Crippen molar-refractivity contribution in [2.75, 3.05) is 33.3 Å². The second kappa shape index (κ2) is 9.00. The van der Waals surface area contributed by atoms with Crippen LogP contribution in [0.1, 0.15) is 34.1 Å². The number of guanidine groups is 1. The van der Waals surface area contributed by atoms with Gasteiger partial charge in [-0.05, 0) is 49.9 Å². The number of rotatable bonds is 4. The van der Waals surface area contributed by atoms with Crippen LogP contribution >= 0.6 is 0 Å². The highest BCUT2D eigenvalue weighted by Gasteiger charge is 2.25. The van der Waals surface area contributed by atoms with Crippen molar-refractivity contribution in [3.63, 3.8) is 0 Å². The molecule has 1 unspecified atom stereocenters. The molecule has 5 heteroatoms. The molecule has 0 radical (unpaired) electrons. The molecule has 0 spiro atoms. The molecule has 0 amide bonds. The van der Waals surface area contributed by atoms with E-state index in [1.54, 1.807) is 0 Å². The topological polar surface area (TPSA) is 49.8 Å². The van der Waals surface area contributed by atoms with E-state index in [4.69, 9.17) is 4.74 Å². The zero-order chi connectivity index (χ0) is 19.2. The minimum absolute atomic E-state index is 0.0826. The van der Waals surface area contributed by atoms with E-state index in [2.05, 4.69) is 64.4 Å². The summed E-state index contributed by atoms with van der Waals surface area (Å²) in [4.78, 5) is 11.1. The summed E-state index contributed by atoms with van der Waals surface area (Å²) in [6.45, 7) is 9.51. The molecule has 27 heavy (non-hydrogen) atoms. The minimum Gasteiger partial charge on any atom is -0.370 e. The molecule has 1 aliphatic rings. The van der Waals surface area contributed by atoms with Gasteiger partial charge in [0.25, 0.3) is 0 Å². The first-order valence-corrected chi connectivity index (χ1v) is 9.62. The number of pyridine rings is 1. The van der Waals surface area contributed by atoms with E-state index in [0.717, 1.165) is 37.7 Å². The van der Waals surface area contributed by atoms with Crippen LogP contribution in [0.2, 0.25) is 0 Å². The summed E-state index contributed by atoms with van der Waals surface area (Å²) >= 11 is 0. The molecule has 1 N–H and O–H groups in total. The molecule has 1 aromatic carbocycles. The Morgan fingerprint density at radius 3 is 2.81 bits per heavy atom. The van der Waals surface area contributed by atoms with Crippen LogP contribution in [0.25, 0.3) is 0 Å². The number of ether oxygens (including phenoxy) is 1. The summed E-state index contributed by atoms with van der Waals surface area (Å²) < 4.78 is 6.06. The lowest BCUT2D eigenvalue weighted by atomic mass is 10.00. The summed E-state index contributed by atoms with van der Waals surface area (Å²) in [5.41, 5.74) is 6.13. The molecule has 0 saturated carbocycles. The Balaban J connectivity index is 1.59. The maximum Gasteiger partial charge on any atom is 0.193 e. The molecule has 0 aliphatic carbocycles. The molecular weight excluding hydrogens is 336 g/mol. The molecule has 1 atom stereocenters. The van der Waals surface area contributed by atoms with Gasteiger partial charge in [-0.1, -0.05) is 29.8 Å². The Morgan fingerprint density at radius 1 is 1.26 bits per heavy atom. The second-order valence-corrected chi connectivity index (χ2v) is 7.20. The average Bonchev–Trinajstić information content (AvgIpc) is 2.67. The smallest absolute Gasteiger partial charge is 0.193 e. The summed E-state index contributed by atoms with van der Waals surface area (Å²) in [5, 5.41) is 3.49. The SMILES string of the molecule is CN=C(NCCc1ccc(C)nc1)N1CCOC(c2ccc(C)cc2C)C1. The third-order valence-electron chi connectivity index (χ3n) is 5.02. The molecule has 1 fully saturated rings. The molecule has 144 valence electrons. The number of benzene rings is 1. The fourth-order valence-corrected chi connectivity index (χ4v) is 3.51. The van der Waals surface area contributed by atoms with Gasteiger partial charge in [-0.25, -0.2) is 0 Å². The summed E-state index contributed by atoms with van der Waals surface area (Å²) in [6.07, 6.45) is 2.96. The fourth-order valence-electron chi connectivity index (χ4n) is 3.51. The first-order chi connectivity index (χ1) is 13.1. The third-order valence-corrected chi connectivity index (χ3v) is 5.02. The predicted octanol–water partition coefficient (Wildman–Crippen LogP) is 3.20. The van der Waals surface area contributed by atoms with Gasteiger partial charge in [0.1, 0.15) is 6.10 Å². The van der Waals surface area contributed by atoms with E-state index in [0.29, 0.717) is 6.61 Å². The van der Waals surface area contributed by atoms with Crippen LogP contribution < -0.4 is 5.32 Å². The van der Waals surface area contributed by atoms with E-state index in [1.807, 2.05) is 20.2 Å². The van der Waals surface area contributed by atoms with E-state index in [-0.39, 0.29) is 6.10 Å². The van der Waals surface area contributed by atoms with Gasteiger partial charge in [0, 0.05) is 32.0 Å². The second-order valence-electron chi connectivity index (χ2n) is 7.20. The van der Waals surface area contributed by atoms with Crippen LogP contribution in [0.15, 0.2) is 41.5 Å². The monoisotopic (exact) mass is 366 g/mol. The molecule has 1 aliphatic heterocycles. The van der Waals surface area contributed by atoms with Crippen molar-refractivity contribution < 1.29 is 4.74 Å². The van der Waals surface area contributed by atoms with Crippen molar-refractivity contribution in [2.45, 2.75) is 33.3 Å². The van der Waals surface area contributed by atoms with Crippen molar-refractivity contribution in [2.24, 2.45) is 4.99 Å². The number of aliphatic imine (C=N–C) groups is 1. The highest BCUT2D eigenvalue weighted by molar-refractivity contribution is 5.80. The van der Waals surface area contributed by atoms with Crippen LogP contribution in [0.3, 0.4) is 0 Å². The first kappa shape index (κ1) is 19.4. The maximum atomic E-state index is 6.06. The number of nitrogens with one attached hydrogen (secondary N) is 1. The van der Waals surface area contributed by atoms with Gasteiger partial charge in [-0.3, -0.25) is 9.98 Å². The number of aryl methyl sites for hydroxylation is 3. The lowest BCUT2D eigenvalue weighted by Crippen LogP contribution is -2.48. The number of aromatic nitrogens is 1. The van der Waals surface area contributed by atoms with Crippen LogP contribution in [-0.2, 0) is 11.2 Å². The Kier molecular flexibility index (Phi) is 6.45. The molecule has 2 aromatic rings. The van der Waals surface area contributed by atoms with E-state index < -0.39 is 0 Å². The Bertz CT molecular complexity index is 785. The normalized spacial score (nSPS) is 17.9. The van der Waals surface area contributed by atoms with Crippen molar-refractivity contribution in [3.05, 3.63) is 64.5 Å². The standard InChI is InChI=1S/C22H30N4O/c1-16-5-8-20(17(2)13-16)21-15-26(11-12-27-21)22(23-4)24-10-9-19-7-6-18(3)25-14-19/h5-8,13-14,21H,9-12,15H2,1-4H3,(H,23,24). The van der Waals surface area contributed by atoms with Gasteiger partial charge in [0.15, 0.2) is 5.96 Å². The minimum atomic E-state index is 0.0826. The van der Waals surface area contributed by atoms with Crippen molar-refractivity contribution >= 4 is 5.96 Å². The van der Waals surface area contributed by atoms with E-state index in [1.165, 1.54) is 22.3 Å². The first-order valence-electron chi connectivity index (χ1n) is 9.62. The summed E-state index contributed by atoms with van der Waals surface area (Å²) in [5.74, 6) is 0.938. The average molecular weight is 367 g/mol. The van der Waals surface area contributed by atoms with Gasteiger partial charge >= 0.3 is 0 Å². The van der Waals surface area contributed by atoms with Crippen molar-refractivity contribution in [1.82, 2.24) is 15.2 Å². The Morgan fingerprint density at radius 2 is 2.11 bits per heavy atom. The molecule has 1 aromatic heterocycles. The summed E-state index contributed by atoms with van der Waals surface area (Å²) in [6, 6.07) is 10.8. The predicted molar refractivity (Wildman–Crippen MR) is 110 cm³/mol. The summed E-state index contributed by atoms with van der Waals surface area (Å²) in [7, 11) is 1.84. The third kappa shape index (κ3) is 5.07. The number of morpholine rings is 1. The van der Waals surface area contributed by atoms with Crippen molar-refractivity contribution in [1.29, 1.82) is 0 Å². The molecule has 2 heterocycles. The maximum absolute atomic E-state index is 6.06. The molecule has 1 saturated heterocycles. The fraction of sp³-hybridized carbons (Fsp3) is 0.455. The zero-order valence-electron chi connectivity index (χ0n) is 16.8. The highest BCUT2D eigenvalue weighted by Crippen LogP contribution is 2.25. The zero-order valence-corrected chi connectivity index (χ0v) is 16.8. The van der Waals surface area contributed by atoms with Crippen molar-refractivity contribution in [3.8, 4) is 0 Å². The Labute approximate surface area is 162 Å². The quantitative estimate of drug-likeness (QED) is 0.667. The Hall–Kier alpha value is -2.40. The van der Waals surface area contributed by atoms with Gasteiger partial charge < -0.3 is 15.0 Å². The van der Waals surface area contributed by atoms with E-state index in [9.17, 15) is 0 Å². The van der Waals surface area contributed by atoms with Crippen LogP contribution in [0, 0.1) is 20.8 Å². The van der Waals surface area contributed by atoms with Crippen LogP contribution in [0.5, 0.6) is 0 Å². The number of hydrogen-bond acceptors (Lipinski definition) is 3. The van der Waals surface area contributed by atoms with Gasteiger partial charge in [0.2, 0.25) is 0 Å². The van der Waals surface area contributed by atoms with E-state index >= 15 is 0 Å². The number of nitrogens with zero attached hydrogens (tertiary/aromatic N) is 3. The van der Waals surface area contributed by atoms with Gasteiger partial charge in [-0.2, -0.15) is 0 Å². The highest BCUT2D eigenvalue weighted by atomic mass is 16.5. The lowest BCUT2D eigenvalue weighted by molar-refractivity contribution is -0.00830. The lowest BCUT2D eigenvalue weighted by Gasteiger charge is -2.35. The molecule has 5 nitrogen and oxygen atoms in total. The number of hydrogen-bond donors (Lipinski definition) is 1. The van der Waals surface area contributed by atoms with Gasteiger partial charge in [-0.15, -0.1) is 0 Å². The molecule has 3 rings (SSSR count).